The van der Waals surface area contributed by atoms with Crippen molar-refractivity contribution < 1.29 is 9.72 Å². The Morgan fingerprint density at radius 3 is 2.59 bits per heavy atom. The smallest absolute Gasteiger partial charge is 0.271 e. The molecule has 27 heavy (non-hydrogen) atoms. The van der Waals surface area contributed by atoms with E-state index in [1.165, 1.54) is 6.07 Å². The van der Waals surface area contributed by atoms with E-state index < -0.39 is 0 Å². The molecule has 2 aromatic carbocycles. The summed E-state index contributed by atoms with van der Waals surface area (Å²) < 4.78 is 0. The van der Waals surface area contributed by atoms with Crippen LogP contribution in [0.3, 0.4) is 0 Å². The molecule has 142 valence electrons. The third kappa shape index (κ3) is 4.96. The van der Waals surface area contributed by atoms with Crippen LogP contribution in [-0.4, -0.2) is 48.5 Å². The fourth-order valence-electron chi connectivity index (χ4n) is 3.04. The van der Waals surface area contributed by atoms with Crippen molar-refractivity contribution in [2.75, 3.05) is 42.9 Å². The van der Waals surface area contributed by atoms with Crippen LogP contribution in [0.4, 0.5) is 17.1 Å². The maximum absolute atomic E-state index is 12.3. The molecule has 7 nitrogen and oxygen atoms in total. The van der Waals surface area contributed by atoms with Gasteiger partial charge in [-0.3, -0.25) is 19.8 Å². The Labute approximate surface area is 162 Å². The van der Waals surface area contributed by atoms with E-state index in [-0.39, 0.29) is 16.5 Å². The van der Waals surface area contributed by atoms with Crippen molar-refractivity contribution in [2.45, 2.75) is 6.92 Å². The Morgan fingerprint density at radius 1 is 1.19 bits per heavy atom. The molecule has 1 fully saturated rings. The van der Waals surface area contributed by atoms with E-state index in [9.17, 15) is 14.9 Å². The van der Waals surface area contributed by atoms with Gasteiger partial charge >= 0.3 is 0 Å². The van der Waals surface area contributed by atoms with Gasteiger partial charge in [-0.05, 0) is 30.7 Å². The number of rotatable bonds is 5. The highest BCUT2D eigenvalue weighted by Crippen LogP contribution is 2.22. The number of hydrogen-bond donors (Lipinski definition) is 1. The van der Waals surface area contributed by atoms with Crippen LogP contribution < -0.4 is 10.2 Å². The molecule has 0 spiro atoms. The number of nitro benzene ring substituents is 1. The fraction of sp³-hybridized carbons (Fsp3) is 0.316. The molecule has 2 aromatic rings. The zero-order valence-electron chi connectivity index (χ0n) is 15.0. The van der Waals surface area contributed by atoms with E-state index in [1.807, 2.05) is 25.1 Å². The Bertz CT molecular complexity index is 851. The van der Waals surface area contributed by atoms with E-state index in [2.05, 4.69) is 15.1 Å². The summed E-state index contributed by atoms with van der Waals surface area (Å²) in [7, 11) is 0. The Balaban J connectivity index is 1.51. The molecule has 1 aliphatic heterocycles. The van der Waals surface area contributed by atoms with Crippen molar-refractivity contribution in [1.82, 2.24) is 4.90 Å². The minimum absolute atomic E-state index is 0.0845. The molecule has 0 aromatic heterocycles. The van der Waals surface area contributed by atoms with Crippen LogP contribution in [0.2, 0.25) is 5.02 Å². The lowest BCUT2D eigenvalue weighted by Gasteiger charge is -2.35. The topological polar surface area (TPSA) is 78.7 Å². The SMILES string of the molecule is Cc1ccc(NC(=O)CN2CCN(c3cccc([N+](=O)[O-])c3)CC2)cc1Cl. The van der Waals surface area contributed by atoms with Crippen LogP contribution in [0.15, 0.2) is 42.5 Å². The number of hydrogen-bond acceptors (Lipinski definition) is 5. The highest BCUT2D eigenvalue weighted by molar-refractivity contribution is 6.31. The van der Waals surface area contributed by atoms with Crippen LogP contribution in [0.1, 0.15) is 5.56 Å². The van der Waals surface area contributed by atoms with Gasteiger partial charge < -0.3 is 10.2 Å². The number of aryl methyl sites for hydroxylation is 1. The summed E-state index contributed by atoms with van der Waals surface area (Å²) in [4.78, 5) is 27.0. The van der Waals surface area contributed by atoms with Crippen molar-refractivity contribution >= 4 is 34.6 Å². The summed E-state index contributed by atoms with van der Waals surface area (Å²) in [6.07, 6.45) is 0. The zero-order chi connectivity index (χ0) is 19.4. The van der Waals surface area contributed by atoms with Gasteiger partial charge in [0, 0.05) is 54.7 Å². The van der Waals surface area contributed by atoms with Gasteiger partial charge in [0.1, 0.15) is 0 Å². The summed E-state index contributed by atoms with van der Waals surface area (Å²) in [5, 5.41) is 14.4. The van der Waals surface area contributed by atoms with E-state index in [1.54, 1.807) is 18.2 Å². The van der Waals surface area contributed by atoms with E-state index in [0.717, 1.165) is 11.3 Å². The third-order valence-corrected chi connectivity index (χ3v) is 5.01. The summed E-state index contributed by atoms with van der Waals surface area (Å²) in [5.41, 5.74) is 2.58. The van der Waals surface area contributed by atoms with Crippen molar-refractivity contribution in [3.8, 4) is 0 Å². The lowest BCUT2D eigenvalue weighted by Crippen LogP contribution is -2.48. The predicted octanol–water partition coefficient (Wildman–Crippen LogP) is 3.32. The Kier molecular flexibility index (Phi) is 5.93. The molecule has 0 atom stereocenters. The molecule has 1 heterocycles. The second kappa shape index (κ2) is 8.37. The summed E-state index contributed by atoms with van der Waals surface area (Å²) >= 11 is 6.08. The van der Waals surface area contributed by atoms with Gasteiger partial charge in [0.15, 0.2) is 0 Å². The lowest BCUT2D eigenvalue weighted by atomic mass is 10.2. The van der Waals surface area contributed by atoms with Crippen LogP contribution >= 0.6 is 11.6 Å². The highest BCUT2D eigenvalue weighted by atomic mass is 35.5. The molecular formula is C19H21ClN4O3. The number of anilines is 2. The number of carbonyl (C=O) groups excluding carboxylic acids is 1. The van der Waals surface area contributed by atoms with Gasteiger partial charge in [0.2, 0.25) is 5.91 Å². The second-order valence-electron chi connectivity index (χ2n) is 6.55. The molecule has 0 aliphatic carbocycles. The standard InChI is InChI=1S/C19H21ClN4O3/c1-14-5-6-15(11-18(14)20)21-19(25)13-22-7-9-23(10-8-22)16-3-2-4-17(12-16)24(26)27/h2-6,11-12H,7-10,13H2,1H3,(H,21,25). The van der Waals surface area contributed by atoms with Crippen molar-refractivity contribution in [3.63, 3.8) is 0 Å². The number of nitro groups is 1. The van der Waals surface area contributed by atoms with E-state index in [4.69, 9.17) is 11.6 Å². The number of piperazine rings is 1. The van der Waals surface area contributed by atoms with Gasteiger partial charge in [0.05, 0.1) is 11.5 Å². The first-order valence-electron chi connectivity index (χ1n) is 8.70. The first kappa shape index (κ1) is 19.1. The second-order valence-corrected chi connectivity index (χ2v) is 6.96. The summed E-state index contributed by atoms with van der Waals surface area (Å²) in [6.45, 7) is 5.06. The molecule has 1 N–H and O–H groups in total. The number of nitrogens with one attached hydrogen (secondary N) is 1. The number of non-ortho nitro benzene ring substituents is 1. The normalized spacial score (nSPS) is 14.8. The van der Waals surface area contributed by atoms with Crippen LogP contribution in [0.5, 0.6) is 0 Å². The van der Waals surface area contributed by atoms with Crippen LogP contribution in [0.25, 0.3) is 0 Å². The third-order valence-electron chi connectivity index (χ3n) is 4.60. The molecule has 1 aliphatic rings. The quantitative estimate of drug-likeness (QED) is 0.628. The van der Waals surface area contributed by atoms with Crippen molar-refractivity contribution in [2.24, 2.45) is 0 Å². The monoisotopic (exact) mass is 388 g/mol. The van der Waals surface area contributed by atoms with Crippen molar-refractivity contribution in [1.29, 1.82) is 0 Å². The molecule has 1 saturated heterocycles. The Hall–Kier alpha value is -2.64. The lowest BCUT2D eigenvalue weighted by molar-refractivity contribution is -0.384. The summed E-state index contributed by atoms with van der Waals surface area (Å²) in [6, 6.07) is 12.1. The van der Waals surface area contributed by atoms with Gasteiger partial charge in [-0.25, -0.2) is 0 Å². The van der Waals surface area contributed by atoms with Gasteiger partial charge in [-0.1, -0.05) is 23.7 Å². The number of halogens is 1. The van der Waals surface area contributed by atoms with Crippen LogP contribution in [0, 0.1) is 17.0 Å². The minimum Gasteiger partial charge on any atom is -0.369 e. The highest BCUT2D eigenvalue weighted by Gasteiger charge is 2.20. The zero-order valence-corrected chi connectivity index (χ0v) is 15.8. The van der Waals surface area contributed by atoms with Gasteiger partial charge in [-0.15, -0.1) is 0 Å². The van der Waals surface area contributed by atoms with Gasteiger partial charge in [0.25, 0.3) is 5.69 Å². The molecule has 0 radical (unpaired) electrons. The largest absolute Gasteiger partial charge is 0.369 e. The molecular weight excluding hydrogens is 368 g/mol. The number of carbonyl (C=O) groups is 1. The first-order valence-corrected chi connectivity index (χ1v) is 9.08. The number of benzene rings is 2. The minimum atomic E-state index is -0.387. The molecule has 0 saturated carbocycles. The number of nitrogens with zero attached hydrogens (tertiary/aromatic N) is 3. The fourth-order valence-corrected chi connectivity index (χ4v) is 3.22. The predicted molar refractivity (Wildman–Crippen MR) is 107 cm³/mol. The molecule has 1 amide bonds. The average Bonchev–Trinajstić information content (AvgIpc) is 2.65. The van der Waals surface area contributed by atoms with E-state index >= 15 is 0 Å². The molecule has 0 unspecified atom stereocenters. The van der Waals surface area contributed by atoms with Crippen LogP contribution in [-0.2, 0) is 4.79 Å². The average molecular weight is 389 g/mol. The Morgan fingerprint density at radius 2 is 1.93 bits per heavy atom. The molecule has 8 heteroatoms. The summed E-state index contributed by atoms with van der Waals surface area (Å²) in [5.74, 6) is -0.0845. The maximum Gasteiger partial charge on any atom is 0.271 e. The maximum atomic E-state index is 12.3. The van der Waals surface area contributed by atoms with Crippen molar-refractivity contribution in [3.05, 3.63) is 63.2 Å². The number of amides is 1. The first-order chi connectivity index (χ1) is 12.9. The van der Waals surface area contributed by atoms with E-state index in [0.29, 0.717) is 43.4 Å². The van der Waals surface area contributed by atoms with Gasteiger partial charge in [-0.2, -0.15) is 0 Å². The molecule has 0 bridgehead atoms. The molecule has 3 rings (SSSR count).